The molecule has 0 unspecified atom stereocenters. The average molecular weight is 549 g/mol. The molecule has 2 aromatic heterocycles. The van der Waals surface area contributed by atoms with Crippen molar-refractivity contribution in [1.82, 2.24) is 19.5 Å². The Labute approximate surface area is 230 Å². The number of anilines is 1. The van der Waals surface area contributed by atoms with Crippen LogP contribution >= 0.6 is 23.4 Å². The molecule has 1 spiro atoms. The number of hydrogen-bond acceptors (Lipinski definition) is 8. The van der Waals surface area contributed by atoms with Crippen LogP contribution in [0.1, 0.15) is 25.3 Å². The van der Waals surface area contributed by atoms with Crippen LogP contribution in [0, 0.1) is 5.41 Å². The largest absolute Gasteiger partial charge is 0.376 e. The Morgan fingerprint density at radius 1 is 1.11 bits per heavy atom. The van der Waals surface area contributed by atoms with Crippen LogP contribution in [0.2, 0.25) is 5.02 Å². The molecule has 4 aromatic rings. The zero-order valence-corrected chi connectivity index (χ0v) is 22.7. The molecule has 2 fully saturated rings. The number of aromatic nitrogens is 4. The van der Waals surface area contributed by atoms with E-state index in [0.29, 0.717) is 22.5 Å². The van der Waals surface area contributed by atoms with E-state index in [1.54, 1.807) is 23.2 Å². The van der Waals surface area contributed by atoms with Crippen molar-refractivity contribution in [2.45, 2.75) is 48.4 Å². The normalized spacial score (nSPS) is 20.9. The van der Waals surface area contributed by atoms with Crippen molar-refractivity contribution in [3.05, 3.63) is 82.1 Å². The van der Waals surface area contributed by atoms with Gasteiger partial charge in [0.2, 0.25) is 0 Å². The van der Waals surface area contributed by atoms with Gasteiger partial charge in [-0.1, -0.05) is 53.7 Å². The number of rotatable bonds is 5. The molecule has 0 saturated carbocycles. The number of benzene rings is 2. The number of piperidine rings is 1. The molecule has 0 aliphatic carbocycles. The van der Waals surface area contributed by atoms with Crippen LogP contribution in [0.15, 0.2) is 75.9 Å². The van der Waals surface area contributed by atoms with E-state index in [-0.39, 0.29) is 23.1 Å². The van der Waals surface area contributed by atoms with Crippen molar-refractivity contribution in [3.8, 4) is 0 Å². The number of halogens is 1. The van der Waals surface area contributed by atoms with Crippen LogP contribution in [0.3, 0.4) is 0 Å². The van der Waals surface area contributed by atoms with Gasteiger partial charge in [0.15, 0.2) is 0 Å². The van der Waals surface area contributed by atoms with Gasteiger partial charge >= 0.3 is 0 Å². The monoisotopic (exact) mass is 548 g/mol. The number of ether oxygens (including phenoxy) is 1. The highest BCUT2D eigenvalue weighted by Crippen LogP contribution is 2.42. The summed E-state index contributed by atoms with van der Waals surface area (Å²) < 4.78 is 7.44. The van der Waals surface area contributed by atoms with Crippen molar-refractivity contribution in [2.75, 3.05) is 24.6 Å². The van der Waals surface area contributed by atoms with Crippen molar-refractivity contribution in [3.63, 3.8) is 0 Å². The summed E-state index contributed by atoms with van der Waals surface area (Å²) in [7, 11) is 0. The summed E-state index contributed by atoms with van der Waals surface area (Å²) in [4.78, 5) is 29.9. The lowest BCUT2D eigenvalue weighted by Gasteiger charge is -2.41. The standard InChI is InChI=1S/C28H29ClN6O2S/c1-18-26(30)28(16-37-18)9-11-34(12-10-28)22-13-32-23(14-31-22)38-21-8-7-20-25(24(21)29)33-17-35(27(20)36)15-19-5-3-2-4-6-19/h2-8,13-14,17-18,26H,9-12,15-16,30H2,1H3/t18-,26+/m0/s1. The second-order valence-electron chi connectivity index (χ2n) is 10.1. The molecular weight excluding hydrogens is 520 g/mol. The molecule has 2 saturated heterocycles. The quantitative estimate of drug-likeness (QED) is 0.392. The molecule has 10 heteroatoms. The summed E-state index contributed by atoms with van der Waals surface area (Å²) in [6, 6.07) is 13.5. The summed E-state index contributed by atoms with van der Waals surface area (Å²) in [6.07, 6.45) is 7.23. The first-order valence-corrected chi connectivity index (χ1v) is 14.0. The van der Waals surface area contributed by atoms with E-state index in [1.807, 2.05) is 42.6 Å². The van der Waals surface area contributed by atoms with Gasteiger partial charge in [-0.05, 0) is 37.5 Å². The Morgan fingerprint density at radius 2 is 1.89 bits per heavy atom. The SMILES string of the molecule is C[C@@H]1OCC2(CCN(c3cnc(Sc4ccc5c(=O)n(Cc6ccccc6)cnc5c4Cl)cn3)CC2)[C@@H]1N. The lowest BCUT2D eigenvalue weighted by molar-refractivity contribution is 0.0974. The van der Waals surface area contributed by atoms with Crippen LogP contribution in [0.25, 0.3) is 10.9 Å². The van der Waals surface area contributed by atoms with Crippen molar-refractivity contribution in [1.29, 1.82) is 0 Å². The van der Waals surface area contributed by atoms with Crippen molar-refractivity contribution >= 4 is 40.1 Å². The van der Waals surface area contributed by atoms with Crippen LogP contribution in [-0.4, -0.2) is 51.4 Å². The van der Waals surface area contributed by atoms with Gasteiger partial charge in [-0.15, -0.1) is 0 Å². The molecule has 2 atom stereocenters. The van der Waals surface area contributed by atoms with E-state index in [4.69, 9.17) is 22.1 Å². The predicted octanol–water partition coefficient (Wildman–Crippen LogP) is 4.37. The maximum absolute atomic E-state index is 13.1. The second-order valence-corrected chi connectivity index (χ2v) is 11.6. The molecule has 0 radical (unpaired) electrons. The van der Waals surface area contributed by atoms with Gasteiger partial charge in [0, 0.05) is 29.4 Å². The third-order valence-electron chi connectivity index (χ3n) is 7.85. The molecular formula is C28H29ClN6O2S. The zero-order chi connectivity index (χ0) is 26.3. The number of nitrogens with zero attached hydrogens (tertiary/aromatic N) is 5. The molecule has 2 aliphatic heterocycles. The Hall–Kier alpha value is -2.98. The highest BCUT2D eigenvalue weighted by Gasteiger charge is 2.47. The third kappa shape index (κ3) is 4.68. The van der Waals surface area contributed by atoms with E-state index >= 15 is 0 Å². The molecule has 2 aromatic carbocycles. The fraction of sp³-hybridized carbons (Fsp3) is 0.357. The molecule has 8 nitrogen and oxygen atoms in total. The van der Waals surface area contributed by atoms with Gasteiger partial charge in [-0.3, -0.25) is 9.36 Å². The van der Waals surface area contributed by atoms with Crippen LogP contribution in [-0.2, 0) is 11.3 Å². The number of fused-ring (bicyclic) bond motifs is 1. The summed E-state index contributed by atoms with van der Waals surface area (Å²) in [6.45, 7) is 5.03. The van der Waals surface area contributed by atoms with E-state index in [1.165, 1.54) is 11.8 Å². The number of nitrogens with two attached hydrogens (primary N) is 1. The minimum absolute atomic E-state index is 0.0742. The average Bonchev–Trinajstić information content (AvgIpc) is 3.22. The molecule has 196 valence electrons. The van der Waals surface area contributed by atoms with Gasteiger partial charge in [0.05, 0.1) is 53.9 Å². The van der Waals surface area contributed by atoms with E-state index in [2.05, 4.69) is 26.8 Å². The van der Waals surface area contributed by atoms with Gasteiger partial charge < -0.3 is 15.4 Å². The molecule has 38 heavy (non-hydrogen) atoms. The lowest BCUT2D eigenvalue weighted by Crippen LogP contribution is -2.50. The fourth-order valence-corrected chi connectivity index (χ4v) is 6.53. The first-order chi connectivity index (χ1) is 18.4. The molecule has 2 N–H and O–H groups in total. The Balaban J connectivity index is 1.15. The predicted molar refractivity (Wildman–Crippen MR) is 150 cm³/mol. The van der Waals surface area contributed by atoms with Gasteiger partial charge in [0.1, 0.15) is 10.8 Å². The minimum atomic E-state index is -0.121. The van der Waals surface area contributed by atoms with Crippen LogP contribution in [0.4, 0.5) is 5.82 Å². The first kappa shape index (κ1) is 25.3. The van der Waals surface area contributed by atoms with E-state index in [9.17, 15) is 4.79 Å². The van der Waals surface area contributed by atoms with E-state index in [0.717, 1.165) is 53.8 Å². The van der Waals surface area contributed by atoms with Gasteiger partial charge in [-0.25, -0.2) is 15.0 Å². The topological polar surface area (TPSA) is 99.2 Å². The summed E-state index contributed by atoms with van der Waals surface area (Å²) >= 11 is 8.11. The highest BCUT2D eigenvalue weighted by atomic mass is 35.5. The van der Waals surface area contributed by atoms with Crippen LogP contribution < -0.4 is 16.2 Å². The molecule has 0 bridgehead atoms. The molecule has 4 heterocycles. The maximum Gasteiger partial charge on any atom is 0.261 e. The molecule has 6 rings (SSSR count). The van der Waals surface area contributed by atoms with Gasteiger partial charge in [0.25, 0.3) is 5.56 Å². The van der Waals surface area contributed by atoms with Gasteiger partial charge in [-0.2, -0.15) is 0 Å². The summed E-state index contributed by atoms with van der Waals surface area (Å²) in [5.41, 5.74) is 7.92. The zero-order valence-electron chi connectivity index (χ0n) is 21.1. The summed E-state index contributed by atoms with van der Waals surface area (Å²) in [5.74, 6) is 0.856. The van der Waals surface area contributed by atoms with E-state index < -0.39 is 0 Å². The molecule has 0 amide bonds. The fourth-order valence-electron chi connectivity index (χ4n) is 5.44. The van der Waals surface area contributed by atoms with Crippen LogP contribution in [0.5, 0.6) is 0 Å². The molecule has 2 aliphatic rings. The summed E-state index contributed by atoms with van der Waals surface area (Å²) in [5, 5.41) is 1.65. The van der Waals surface area contributed by atoms with Crippen molar-refractivity contribution in [2.24, 2.45) is 11.1 Å². The minimum Gasteiger partial charge on any atom is -0.376 e. The number of hydrogen-bond donors (Lipinski definition) is 1. The highest BCUT2D eigenvalue weighted by molar-refractivity contribution is 7.99. The maximum atomic E-state index is 13.1. The third-order valence-corrected chi connectivity index (χ3v) is 9.33. The first-order valence-electron chi connectivity index (χ1n) is 12.8. The van der Waals surface area contributed by atoms with Crippen molar-refractivity contribution < 1.29 is 4.74 Å². The Morgan fingerprint density at radius 3 is 2.58 bits per heavy atom. The smallest absolute Gasteiger partial charge is 0.261 e. The lowest BCUT2D eigenvalue weighted by atomic mass is 9.73. The Bertz CT molecular complexity index is 1510. The second kappa shape index (κ2) is 10.3. The Kier molecular flexibility index (Phi) is 6.86.